The van der Waals surface area contributed by atoms with Crippen molar-refractivity contribution < 1.29 is 12.9 Å². The standard InChI is InChI=1S/C17H21ClN4O3S/c1-11-4-3-5-13(18)15(11)26(23,24)22-9-8-21(2)14(10-22)17-19-16(20-25-17)12-6-7-12/h3-5,12,14H,6-10H2,1-2H3. The molecule has 1 unspecified atom stereocenters. The maximum atomic E-state index is 13.2. The number of rotatable bonds is 4. The zero-order chi connectivity index (χ0) is 18.5. The van der Waals surface area contributed by atoms with Gasteiger partial charge in [-0.2, -0.15) is 9.29 Å². The van der Waals surface area contributed by atoms with E-state index < -0.39 is 10.0 Å². The lowest BCUT2D eigenvalue weighted by Gasteiger charge is -2.37. The topological polar surface area (TPSA) is 79.5 Å². The SMILES string of the molecule is Cc1cccc(Cl)c1S(=O)(=O)N1CCN(C)C(c2nc(C3CC3)no2)C1. The van der Waals surface area contributed by atoms with Crippen molar-refractivity contribution in [2.45, 2.75) is 36.6 Å². The first kappa shape index (κ1) is 17.9. The van der Waals surface area contributed by atoms with Crippen LogP contribution in [0.15, 0.2) is 27.6 Å². The maximum absolute atomic E-state index is 13.2. The van der Waals surface area contributed by atoms with Gasteiger partial charge in [-0.3, -0.25) is 4.90 Å². The van der Waals surface area contributed by atoms with E-state index in [4.69, 9.17) is 16.1 Å². The fraction of sp³-hybridized carbons (Fsp3) is 0.529. The minimum absolute atomic E-state index is 0.175. The zero-order valence-corrected chi connectivity index (χ0v) is 16.3. The summed E-state index contributed by atoms with van der Waals surface area (Å²) in [5.41, 5.74) is 0.641. The van der Waals surface area contributed by atoms with Crippen LogP contribution in [0.2, 0.25) is 5.02 Å². The summed E-state index contributed by atoms with van der Waals surface area (Å²) in [4.78, 5) is 6.73. The minimum Gasteiger partial charge on any atom is -0.338 e. The minimum atomic E-state index is -3.70. The molecule has 0 radical (unpaired) electrons. The molecule has 2 heterocycles. The second-order valence-corrected chi connectivity index (χ2v) is 9.29. The Balaban J connectivity index is 1.63. The van der Waals surface area contributed by atoms with E-state index >= 15 is 0 Å². The Morgan fingerprint density at radius 2 is 2.04 bits per heavy atom. The largest absolute Gasteiger partial charge is 0.338 e. The van der Waals surface area contributed by atoms with E-state index in [0.717, 1.165) is 18.7 Å². The lowest BCUT2D eigenvalue weighted by atomic mass is 10.2. The van der Waals surface area contributed by atoms with E-state index in [2.05, 4.69) is 15.0 Å². The molecule has 0 bridgehead atoms. The van der Waals surface area contributed by atoms with E-state index in [1.807, 2.05) is 7.05 Å². The first-order chi connectivity index (χ1) is 12.4. The number of piperazine rings is 1. The van der Waals surface area contributed by atoms with Gasteiger partial charge < -0.3 is 4.52 Å². The first-order valence-corrected chi connectivity index (χ1v) is 10.5. The molecule has 1 aromatic heterocycles. The Kier molecular flexibility index (Phi) is 4.54. The van der Waals surface area contributed by atoms with Gasteiger partial charge >= 0.3 is 0 Å². The lowest BCUT2D eigenvalue weighted by Crippen LogP contribution is -2.49. The summed E-state index contributed by atoms with van der Waals surface area (Å²) in [7, 11) is -1.76. The number of hydrogen-bond acceptors (Lipinski definition) is 6. The van der Waals surface area contributed by atoms with Crippen LogP contribution in [0.25, 0.3) is 0 Å². The van der Waals surface area contributed by atoms with E-state index in [0.29, 0.717) is 30.5 Å². The maximum Gasteiger partial charge on any atom is 0.245 e. The molecule has 1 saturated heterocycles. The third-order valence-electron chi connectivity index (χ3n) is 5.06. The molecule has 140 valence electrons. The van der Waals surface area contributed by atoms with Crippen LogP contribution in [0.1, 0.15) is 42.1 Å². The van der Waals surface area contributed by atoms with Gasteiger partial charge in [0.25, 0.3) is 0 Å². The molecule has 26 heavy (non-hydrogen) atoms. The molecule has 2 aromatic rings. The van der Waals surface area contributed by atoms with Gasteiger partial charge in [0, 0.05) is 25.6 Å². The molecule has 1 aliphatic carbocycles. The summed E-state index contributed by atoms with van der Waals surface area (Å²) in [6.45, 7) is 2.99. The zero-order valence-electron chi connectivity index (χ0n) is 14.7. The number of hydrogen-bond donors (Lipinski definition) is 0. The number of halogens is 1. The summed E-state index contributed by atoms with van der Waals surface area (Å²) in [6, 6.07) is 4.85. The Morgan fingerprint density at radius 3 is 2.73 bits per heavy atom. The van der Waals surface area contributed by atoms with Crippen LogP contribution in [0, 0.1) is 6.92 Å². The lowest BCUT2D eigenvalue weighted by molar-refractivity contribution is 0.120. The third-order valence-corrected chi connectivity index (χ3v) is 7.55. The number of nitrogens with zero attached hydrogens (tertiary/aromatic N) is 4. The molecule has 0 N–H and O–H groups in total. The molecule has 1 atom stereocenters. The van der Waals surface area contributed by atoms with Crippen molar-refractivity contribution in [3.05, 3.63) is 40.5 Å². The summed E-state index contributed by atoms with van der Waals surface area (Å²) in [5.74, 6) is 1.60. The summed E-state index contributed by atoms with van der Waals surface area (Å²) in [5, 5.41) is 4.30. The normalized spacial score (nSPS) is 22.7. The van der Waals surface area contributed by atoms with E-state index in [1.165, 1.54) is 4.31 Å². The molecule has 1 aromatic carbocycles. The van der Waals surface area contributed by atoms with Crippen LogP contribution >= 0.6 is 11.6 Å². The van der Waals surface area contributed by atoms with E-state index in [9.17, 15) is 8.42 Å². The van der Waals surface area contributed by atoms with Gasteiger partial charge in [-0.25, -0.2) is 8.42 Å². The second kappa shape index (κ2) is 6.60. The van der Waals surface area contributed by atoms with Crippen molar-refractivity contribution in [1.82, 2.24) is 19.3 Å². The van der Waals surface area contributed by atoms with Gasteiger partial charge in [-0.05, 0) is 38.4 Å². The van der Waals surface area contributed by atoms with Crippen LogP contribution in [-0.4, -0.2) is 54.4 Å². The van der Waals surface area contributed by atoms with Gasteiger partial charge in [0.2, 0.25) is 15.9 Å². The number of benzene rings is 1. The Hall–Kier alpha value is -1.48. The average molecular weight is 397 g/mol. The highest BCUT2D eigenvalue weighted by molar-refractivity contribution is 7.89. The van der Waals surface area contributed by atoms with E-state index in [-0.39, 0.29) is 22.5 Å². The molecular weight excluding hydrogens is 376 g/mol. The van der Waals surface area contributed by atoms with E-state index in [1.54, 1.807) is 25.1 Å². The molecule has 0 spiro atoms. The van der Waals surface area contributed by atoms with Crippen LogP contribution in [0.4, 0.5) is 0 Å². The quantitative estimate of drug-likeness (QED) is 0.790. The number of sulfonamides is 1. The number of aromatic nitrogens is 2. The fourth-order valence-electron chi connectivity index (χ4n) is 3.30. The van der Waals surface area contributed by atoms with Crippen LogP contribution in [0.5, 0.6) is 0 Å². The summed E-state index contributed by atoms with van der Waals surface area (Å²) < 4.78 is 33.3. The van der Waals surface area contributed by atoms with Crippen molar-refractivity contribution in [3.8, 4) is 0 Å². The van der Waals surface area contributed by atoms with Crippen LogP contribution in [0.3, 0.4) is 0 Å². The molecule has 2 aliphatic rings. The molecule has 0 amide bonds. The highest BCUT2D eigenvalue weighted by Gasteiger charge is 2.38. The molecule has 1 saturated carbocycles. The average Bonchev–Trinajstić information content (AvgIpc) is 3.32. The first-order valence-electron chi connectivity index (χ1n) is 8.67. The van der Waals surface area contributed by atoms with Crippen molar-refractivity contribution >= 4 is 21.6 Å². The molecular formula is C17H21ClN4O3S. The number of aryl methyl sites for hydroxylation is 1. The van der Waals surface area contributed by atoms with Gasteiger partial charge in [0.05, 0.1) is 5.02 Å². The van der Waals surface area contributed by atoms with Crippen molar-refractivity contribution in [3.63, 3.8) is 0 Å². The smallest absolute Gasteiger partial charge is 0.245 e. The molecule has 9 heteroatoms. The van der Waals surface area contributed by atoms with Crippen LogP contribution < -0.4 is 0 Å². The van der Waals surface area contributed by atoms with Gasteiger partial charge in [-0.15, -0.1) is 0 Å². The van der Waals surface area contributed by atoms with Gasteiger partial charge in [0.15, 0.2) is 5.82 Å². The summed E-state index contributed by atoms with van der Waals surface area (Å²) in [6.07, 6.45) is 2.18. The third kappa shape index (κ3) is 3.15. The molecule has 2 fully saturated rings. The van der Waals surface area contributed by atoms with Crippen molar-refractivity contribution in [2.24, 2.45) is 0 Å². The predicted octanol–water partition coefficient (Wildman–Crippen LogP) is 2.59. The van der Waals surface area contributed by atoms with Crippen molar-refractivity contribution in [2.75, 3.05) is 26.7 Å². The Labute approximate surface area is 158 Å². The fourth-order valence-corrected chi connectivity index (χ4v) is 5.52. The molecule has 7 nitrogen and oxygen atoms in total. The monoisotopic (exact) mass is 396 g/mol. The Morgan fingerprint density at radius 1 is 1.27 bits per heavy atom. The second-order valence-electron chi connectivity index (χ2n) is 7.01. The number of likely N-dealkylation sites (N-methyl/N-ethyl adjacent to an activating group) is 1. The summed E-state index contributed by atoms with van der Waals surface area (Å²) >= 11 is 6.20. The highest BCUT2D eigenvalue weighted by atomic mass is 35.5. The van der Waals surface area contributed by atoms with Crippen molar-refractivity contribution in [1.29, 1.82) is 0 Å². The van der Waals surface area contributed by atoms with Gasteiger partial charge in [0.1, 0.15) is 10.9 Å². The molecule has 1 aliphatic heterocycles. The Bertz CT molecular complexity index is 906. The highest BCUT2D eigenvalue weighted by Crippen LogP contribution is 2.39. The van der Waals surface area contributed by atoms with Crippen LogP contribution in [-0.2, 0) is 10.0 Å². The predicted molar refractivity (Wildman–Crippen MR) is 96.6 cm³/mol. The van der Waals surface area contributed by atoms with Gasteiger partial charge in [-0.1, -0.05) is 28.9 Å². The molecule has 4 rings (SSSR count).